The molecule has 2 unspecified atom stereocenters. The number of nitrogens with two attached hydrogens (primary N) is 1. The molecule has 1 saturated heterocycles. The van der Waals surface area contributed by atoms with Crippen LogP contribution in [0, 0.1) is 6.92 Å². The van der Waals surface area contributed by atoms with Gasteiger partial charge >= 0.3 is 0 Å². The molecular formula is C11H19N5O2. The van der Waals surface area contributed by atoms with Crippen LogP contribution >= 0.6 is 0 Å². The fraction of sp³-hybridized carbons (Fsp3) is 0.636. The van der Waals surface area contributed by atoms with Crippen molar-refractivity contribution in [2.75, 3.05) is 30.1 Å². The molecule has 1 fully saturated rings. The molecule has 7 heteroatoms. The molecular weight excluding hydrogens is 234 g/mol. The molecule has 18 heavy (non-hydrogen) atoms. The van der Waals surface area contributed by atoms with Crippen molar-refractivity contribution in [1.29, 1.82) is 0 Å². The predicted octanol–water partition coefficient (Wildman–Crippen LogP) is -0.343. The normalized spacial score (nSPS) is 24.1. The van der Waals surface area contributed by atoms with Crippen molar-refractivity contribution in [3.63, 3.8) is 0 Å². The lowest BCUT2D eigenvalue weighted by molar-refractivity contribution is -0.0106. The molecule has 2 heterocycles. The van der Waals surface area contributed by atoms with Gasteiger partial charge in [0.15, 0.2) is 0 Å². The Morgan fingerprint density at radius 1 is 1.61 bits per heavy atom. The first-order chi connectivity index (χ1) is 8.67. The molecule has 0 radical (unpaired) electrons. The summed E-state index contributed by atoms with van der Waals surface area (Å²) in [6.45, 7) is 5.17. The van der Waals surface area contributed by atoms with E-state index in [0.29, 0.717) is 19.0 Å². The summed E-state index contributed by atoms with van der Waals surface area (Å²) in [7, 11) is 0. The molecule has 4 N–H and O–H groups in total. The van der Waals surface area contributed by atoms with Crippen LogP contribution in [-0.4, -0.2) is 47.0 Å². The van der Waals surface area contributed by atoms with E-state index in [1.807, 2.05) is 6.92 Å². The topological polar surface area (TPSA) is 96.5 Å². The Bertz CT molecular complexity index is 414. The highest BCUT2D eigenvalue weighted by molar-refractivity contribution is 5.58. The van der Waals surface area contributed by atoms with Crippen LogP contribution in [0.3, 0.4) is 0 Å². The molecule has 100 valence electrons. The number of morpholine rings is 1. The average molecular weight is 253 g/mol. The Hall–Kier alpha value is -1.44. The summed E-state index contributed by atoms with van der Waals surface area (Å²) in [6, 6.07) is 0.201. The van der Waals surface area contributed by atoms with E-state index in [0.717, 1.165) is 11.4 Å². The molecule has 0 amide bonds. The van der Waals surface area contributed by atoms with Crippen molar-refractivity contribution in [1.82, 2.24) is 9.97 Å². The van der Waals surface area contributed by atoms with Crippen LogP contribution in [0.1, 0.15) is 12.5 Å². The summed E-state index contributed by atoms with van der Waals surface area (Å²) in [5.74, 6) is 6.85. The smallest absolute Gasteiger partial charge is 0.148 e. The van der Waals surface area contributed by atoms with E-state index in [-0.39, 0.29) is 18.8 Å². The quantitative estimate of drug-likeness (QED) is 0.500. The number of aliphatic hydroxyl groups excluding tert-OH is 1. The molecule has 0 bridgehead atoms. The molecule has 2 atom stereocenters. The number of anilines is 2. The lowest BCUT2D eigenvalue weighted by atomic mass is 10.1. The van der Waals surface area contributed by atoms with Gasteiger partial charge in [-0.2, -0.15) is 0 Å². The fourth-order valence-corrected chi connectivity index (χ4v) is 2.10. The van der Waals surface area contributed by atoms with Gasteiger partial charge in [0.25, 0.3) is 0 Å². The Balaban J connectivity index is 2.28. The maximum atomic E-state index is 9.20. The zero-order valence-corrected chi connectivity index (χ0v) is 10.6. The summed E-state index contributed by atoms with van der Waals surface area (Å²) in [5.41, 5.74) is 3.45. The van der Waals surface area contributed by atoms with Crippen molar-refractivity contribution in [2.24, 2.45) is 5.84 Å². The van der Waals surface area contributed by atoms with E-state index in [1.54, 1.807) is 0 Å². The minimum atomic E-state index is -0.176. The second kappa shape index (κ2) is 5.47. The van der Waals surface area contributed by atoms with Gasteiger partial charge in [-0.1, -0.05) is 0 Å². The Morgan fingerprint density at radius 2 is 2.39 bits per heavy atom. The van der Waals surface area contributed by atoms with Crippen LogP contribution < -0.4 is 16.2 Å². The lowest BCUT2D eigenvalue weighted by Gasteiger charge is -2.38. The average Bonchev–Trinajstić information content (AvgIpc) is 2.40. The number of nitrogen functional groups attached to an aromatic ring is 1. The number of aliphatic hydroxyl groups is 1. The zero-order valence-electron chi connectivity index (χ0n) is 10.6. The summed E-state index contributed by atoms with van der Waals surface area (Å²) in [6.07, 6.45) is 1.30. The van der Waals surface area contributed by atoms with Crippen LogP contribution in [-0.2, 0) is 4.74 Å². The van der Waals surface area contributed by atoms with E-state index >= 15 is 0 Å². The van der Waals surface area contributed by atoms with Crippen LogP contribution in [0.25, 0.3) is 0 Å². The molecule has 1 aromatic heterocycles. The lowest BCUT2D eigenvalue weighted by Crippen LogP contribution is -2.50. The molecule has 2 rings (SSSR count). The maximum Gasteiger partial charge on any atom is 0.148 e. The highest BCUT2D eigenvalue weighted by atomic mass is 16.5. The second-order valence-electron chi connectivity index (χ2n) is 4.45. The van der Waals surface area contributed by atoms with Crippen LogP contribution in [0.4, 0.5) is 11.6 Å². The molecule has 1 aliphatic heterocycles. The van der Waals surface area contributed by atoms with Gasteiger partial charge in [0.2, 0.25) is 0 Å². The van der Waals surface area contributed by atoms with Crippen molar-refractivity contribution in [3.8, 4) is 0 Å². The summed E-state index contributed by atoms with van der Waals surface area (Å²) in [5, 5.41) is 9.20. The molecule has 1 aliphatic rings. The van der Waals surface area contributed by atoms with E-state index < -0.39 is 0 Å². The van der Waals surface area contributed by atoms with Crippen molar-refractivity contribution >= 4 is 11.6 Å². The first kappa shape index (κ1) is 13.0. The van der Waals surface area contributed by atoms with Gasteiger partial charge in [0, 0.05) is 12.1 Å². The number of hydrogen-bond donors (Lipinski definition) is 3. The number of aromatic nitrogens is 2. The number of rotatable bonds is 3. The standard InChI is InChI=1S/C11H19N5O2/c1-7-5-18-9(4-17)3-16(7)11-8(2)10(15-12)13-6-14-11/h6-7,9,17H,3-5,12H2,1-2H3,(H,13,14,15). The number of ether oxygens (including phenoxy) is 1. The van der Waals surface area contributed by atoms with Crippen molar-refractivity contribution < 1.29 is 9.84 Å². The molecule has 0 aliphatic carbocycles. The number of hydrogen-bond acceptors (Lipinski definition) is 7. The van der Waals surface area contributed by atoms with E-state index in [9.17, 15) is 5.11 Å². The van der Waals surface area contributed by atoms with Crippen molar-refractivity contribution in [2.45, 2.75) is 26.0 Å². The van der Waals surface area contributed by atoms with Crippen LogP contribution in [0.2, 0.25) is 0 Å². The van der Waals surface area contributed by atoms with E-state index in [1.165, 1.54) is 6.33 Å². The number of nitrogens with one attached hydrogen (secondary N) is 1. The molecule has 0 saturated carbocycles. The Morgan fingerprint density at radius 3 is 3.06 bits per heavy atom. The minimum Gasteiger partial charge on any atom is -0.394 e. The van der Waals surface area contributed by atoms with Gasteiger partial charge in [0.1, 0.15) is 18.0 Å². The van der Waals surface area contributed by atoms with Gasteiger partial charge in [-0.3, -0.25) is 0 Å². The van der Waals surface area contributed by atoms with Gasteiger partial charge < -0.3 is 20.2 Å². The van der Waals surface area contributed by atoms with E-state index in [4.69, 9.17) is 10.6 Å². The van der Waals surface area contributed by atoms with Gasteiger partial charge in [-0.25, -0.2) is 15.8 Å². The Labute approximate surface area is 106 Å². The summed E-state index contributed by atoms with van der Waals surface area (Å²) < 4.78 is 5.51. The monoisotopic (exact) mass is 253 g/mol. The van der Waals surface area contributed by atoms with Crippen LogP contribution in [0.15, 0.2) is 6.33 Å². The molecule has 1 aromatic rings. The summed E-state index contributed by atoms with van der Waals surface area (Å²) >= 11 is 0. The predicted molar refractivity (Wildman–Crippen MR) is 68.2 cm³/mol. The molecule has 7 nitrogen and oxygen atoms in total. The Kier molecular flexibility index (Phi) is 3.95. The SMILES string of the molecule is Cc1c(NN)ncnc1N1CC(CO)OCC1C. The van der Waals surface area contributed by atoms with Gasteiger partial charge in [0.05, 0.1) is 25.4 Å². The third-order valence-corrected chi connectivity index (χ3v) is 3.18. The van der Waals surface area contributed by atoms with Crippen molar-refractivity contribution in [3.05, 3.63) is 11.9 Å². The second-order valence-corrected chi connectivity index (χ2v) is 4.45. The first-order valence-electron chi connectivity index (χ1n) is 5.94. The first-order valence-corrected chi connectivity index (χ1v) is 5.94. The third-order valence-electron chi connectivity index (χ3n) is 3.18. The summed E-state index contributed by atoms with van der Waals surface area (Å²) in [4.78, 5) is 10.5. The zero-order chi connectivity index (χ0) is 13.1. The fourth-order valence-electron chi connectivity index (χ4n) is 2.10. The highest BCUT2D eigenvalue weighted by Crippen LogP contribution is 2.25. The van der Waals surface area contributed by atoms with Gasteiger partial charge in [-0.15, -0.1) is 0 Å². The number of hydrazine groups is 1. The maximum absolute atomic E-state index is 9.20. The highest BCUT2D eigenvalue weighted by Gasteiger charge is 2.28. The largest absolute Gasteiger partial charge is 0.394 e. The third kappa shape index (κ3) is 2.38. The van der Waals surface area contributed by atoms with Gasteiger partial charge in [-0.05, 0) is 13.8 Å². The number of nitrogens with zero attached hydrogens (tertiary/aromatic N) is 3. The molecule has 0 spiro atoms. The van der Waals surface area contributed by atoms with Crippen LogP contribution in [0.5, 0.6) is 0 Å². The van der Waals surface area contributed by atoms with E-state index in [2.05, 4.69) is 27.2 Å². The minimum absolute atomic E-state index is 0.00927. The molecule has 0 aromatic carbocycles.